The van der Waals surface area contributed by atoms with Crippen molar-refractivity contribution in [3.8, 4) is 5.88 Å². The van der Waals surface area contributed by atoms with Crippen molar-refractivity contribution in [3.05, 3.63) is 75.7 Å². The van der Waals surface area contributed by atoms with Gasteiger partial charge in [-0.2, -0.15) is 0 Å². The van der Waals surface area contributed by atoms with Gasteiger partial charge in [-0.25, -0.2) is 9.97 Å². The van der Waals surface area contributed by atoms with Crippen molar-refractivity contribution in [2.75, 3.05) is 25.1 Å². The van der Waals surface area contributed by atoms with E-state index in [1.807, 2.05) is 42.3 Å². The fourth-order valence-electron chi connectivity index (χ4n) is 3.65. The second kappa shape index (κ2) is 11.6. The molecule has 0 saturated heterocycles. The first-order valence-corrected chi connectivity index (χ1v) is 12.4. The number of imidazole rings is 2. The molecule has 0 spiro atoms. The summed E-state index contributed by atoms with van der Waals surface area (Å²) in [6.45, 7) is 1.05. The van der Waals surface area contributed by atoms with E-state index in [2.05, 4.69) is 25.0 Å². The molecule has 37 heavy (non-hydrogen) atoms. The maximum Gasteiger partial charge on any atom is 0.368 e. The number of thioether (sulfide) groups is 1. The molecule has 0 aliphatic carbocycles. The summed E-state index contributed by atoms with van der Waals surface area (Å²) < 4.78 is 6.86. The highest BCUT2D eigenvalue weighted by molar-refractivity contribution is 7.98. The summed E-state index contributed by atoms with van der Waals surface area (Å²) in [5, 5.41) is 16.7. The Kier molecular flexibility index (Phi) is 8.31. The monoisotopic (exact) mass is 560 g/mol. The molecule has 4 aromatic heterocycles. The number of nitrogens with one attached hydrogen (secondary N) is 1. The number of para-hydroxylation sites is 2. The lowest BCUT2D eigenvalue weighted by molar-refractivity contribution is -0.391. The Balaban J connectivity index is 0.00000320. The quantitative estimate of drug-likeness (QED) is 0.106. The van der Waals surface area contributed by atoms with Crippen LogP contribution in [0.1, 0.15) is 12.1 Å². The van der Waals surface area contributed by atoms with E-state index in [0.717, 1.165) is 32.1 Å². The Morgan fingerprint density at radius 2 is 2.05 bits per heavy atom. The van der Waals surface area contributed by atoms with Gasteiger partial charge >= 0.3 is 5.82 Å². The van der Waals surface area contributed by atoms with Crippen molar-refractivity contribution in [2.24, 2.45) is 0 Å². The van der Waals surface area contributed by atoms with Crippen LogP contribution in [0.2, 0.25) is 5.02 Å². The SMILES string of the molecule is CN(CCCOc1ccc2ncc([N+](=O)[O-])n2n1)c1ccnc(CSc2nc3ccccc3[nH]2)c1Cl.Cl. The third-order valence-electron chi connectivity index (χ3n) is 5.46. The Morgan fingerprint density at radius 3 is 2.86 bits per heavy atom. The largest absolute Gasteiger partial charge is 0.475 e. The normalized spacial score (nSPS) is 11.0. The number of nitro groups is 1. The molecule has 0 unspecified atom stereocenters. The van der Waals surface area contributed by atoms with Gasteiger partial charge in [-0.15, -0.1) is 12.4 Å². The Hall–Kier alpha value is -3.61. The number of rotatable bonds is 10. The predicted octanol–water partition coefficient (Wildman–Crippen LogP) is 5.18. The maximum absolute atomic E-state index is 11.1. The molecule has 1 aromatic carbocycles. The number of fused-ring (bicyclic) bond motifs is 2. The summed E-state index contributed by atoms with van der Waals surface area (Å²) in [7, 11) is 1.95. The van der Waals surface area contributed by atoms with Crippen LogP contribution in [0.15, 0.2) is 60.0 Å². The van der Waals surface area contributed by atoms with Gasteiger partial charge in [-0.3, -0.25) is 4.98 Å². The maximum atomic E-state index is 11.1. The van der Waals surface area contributed by atoms with Crippen molar-refractivity contribution in [1.29, 1.82) is 0 Å². The molecule has 0 aliphatic rings. The van der Waals surface area contributed by atoms with Crippen LogP contribution in [-0.2, 0) is 5.75 Å². The van der Waals surface area contributed by atoms with E-state index in [9.17, 15) is 10.1 Å². The van der Waals surface area contributed by atoms with Crippen LogP contribution in [0.4, 0.5) is 11.5 Å². The molecule has 14 heteroatoms. The average Bonchev–Trinajstić information content (AvgIpc) is 3.49. The molecule has 0 radical (unpaired) electrons. The molecule has 0 saturated carbocycles. The Bertz CT molecular complexity index is 1510. The number of benzene rings is 1. The average molecular weight is 561 g/mol. The molecule has 0 atom stereocenters. The molecule has 5 aromatic rings. The lowest BCUT2D eigenvalue weighted by Crippen LogP contribution is -2.21. The van der Waals surface area contributed by atoms with Gasteiger partial charge in [0.15, 0.2) is 5.16 Å². The highest BCUT2D eigenvalue weighted by Gasteiger charge is 2.17. The Labute approximate surface area is 226 Å². The van der Waals surface area contributed by atoms with Crippen LogP contribution in [0.3, 0.4) is 0 Å². The van der Waals surface area contributed by atoms with Crippen LogP contribution in [-0.4, -0.2) is 54.7 Å². The molecule has 0 bridgehead atoms. The third kappa shape index (κ3) is 5.87. The van der Waals surface area contributed by atoms with Crippen LogP contribution < -0.4 is 9.64 Å². The topological polar surface area (TPSA) is 127 Å². The molecule has 1 N–H and O–H groups in total. The van der Waals surface area contributed by atoms with E-state index in [-0.39, 0.29) is 24.1 Å². The molecule has 4 heterocycles. The van der Waals surface area contributed by atoms with Gasteiger partial charge in [0.05, 0.1) is 34.0 Å². The zero-order chi connectivity index (χ0) is 25.1. The van der Waals surface area contributed by atoms with E-state index in [1.54, 1.807) is 30.1 Å². The number of ether oxygens (including phenoxy) is 1. The smallest absolute Gasteiger partial charge is 0.368 e. The second-order valence-corrected chi connectivity index (χ2v) is 9.22. The molecule has 11 nitrogen and oxygen atoms in total. The number of H-pyrrole nitrogens is 1. The van der Waals surface area contributed by atoms with Crippen LogP contribution >= 0.6 is 35.8 Å². The molecule has 5 rings (SSSR count). The van der Waals surface area contributed by atoms with Gasteiger partial charge in [-0.05, 0) is 34.6 Å². The summed E-state index contributed by atoms with van der Waals surface area (Å²) in [4.78, 5) is 28.9. The van der Waals surface area contributed by atoms with Crippen LogP contribution in [0.5, 0.6) is 5.88 Å². The van der Waals surface area contributed by atoms with Crippen molar-refractivity contribution >= 4 is 64.0 Å². The van der Waals surface area contributed by atoms with Crippen molar-refractivity contribution < 1.29 is 9.66 Å². The number of hydrogen-bond acceptors (Lipinski definition) is 9. The minimum Gasteiger partial charge on any atom is -0.475 e. The summed E-state index contributed by atoms with van der Waals surface area (Å²) >= 11 is 8.24. The minimum atomic E-state index is -0.534. The van der Waals surface area contributed by atoms with E-state index < -0.39 is 4.92 Å². The van der Waals surface area contributed by atoms with Crippen molar-refractivity contribution in [2.45, 2.75) is 17.3 Å². The lowest BCUT2D eigenvalue weighted by Gasteiger charge is -2.21. The molecular weight excluding hydrogens is 539 g/mol. The second-order valence-electron chi connectivity index (χ2n) is 7.88. The van der Waals surface area contributed by atoms with Gasteiger partial charge in [-0.1, -0.05) is 40.0 Å². The zero-order valence-corrected chi connectivity index (χ0v) is 22.0. The highest BCUT2D eigenvalue weighted by atomic mass is 35.5. The van der Waals surface area contributed by atoms with Crippen LogP contribution in [0.25, 0.3) is 16.7 Å². The highest BCUT2D eigenvalue weighted by Crippen LogP contribution is 2.31. The predicted molar refractivity (Wildman–Crippen MR) is 145 cm³/mol. The number of halogens is 2. The summed E-state index contributed by atoms with van der Waals surface area (Å²) in [5.41, 5.74) is 3.96. The number of pyridine rings is 1. The van der Waals surface area contributed by atoms with Crippen molar-refractivity contribution in [1.82, 2.24) is 29.5 Å². The van der Waals surface area contributed by atoms with Crippen molar-refractivity contribution in [3.63, 3.8) is 0 Å². The van der Waals surface area contributed by atoms with E-state index in [1.165, 1.54) is 6.20 Å². The first-order valence-electron chi connectivity index (χ1n) is 11.0. The van der Waals surface area contributed by atoms with Gasteiger partial charge in [0.1, 0.15) is 6.20 Å². The third-order valence-corrected chi connectivity index (χ3v) is 6.76. The number of aromatic nitrogens is 6. The number of hydrogen-bond donors (Lipinski definition) is 1. The van der Waals surface area contributed by atoms with Crippen LogP contribution in [0, 0.1) is 10.1 Å². The summed E-state index contributed by atoms with van der Waals surface area (Å²) in [5.74, 6) is 0.660. The fourth-order valence-corrected chi connectivity index (χ4v) is 4.89. The minimum absolute atomic E-state index is 0. The standard InChI is InChI=1S/C23H21ClN8O3S.ClH/c1-30(11-4-12-35-20-8-7-19-26-13-21(32(33)34)31(19)29-20)18-9-10-25-17(22(18)24)14-36-23-27-15-5-2-3-6-16(15)28-23;/h2-3,5-10,13H,4,11-12,14H2,1H3,(H,27,28);1H. The first kappa shape index (κ1) is 26.5. The van der Waals surface area contributed by atoms with Gasteiger partial charge < -0.3 is 24.7 Å². The lowest BCUT2D eigenvalue weighted by atomic mass is 10.3. The van der Waals surface area contributed by atoms with Gasteiger partial charge in [0, 0.05) is 37.7 Å². The van der Waals surface area contributed by atoms with Gasteiger partial charge in [0.2, 0.25) is 5.65 Å². The van der Waals surface area contributed by atoms with E-state index in [0.29, 0.717) is 36.0 Å². The fraction of sp³-hybridized carbons (Fsp3) is 0.217. The number of aromatic amines is 1. The molecular formula is C23H22Cl2N8O3S. The zero-order valence-electron chi connectivity index (χ0n) is 19.6. The first-order chi connectivity index (χ1) is 17.5. The molecule has 0 aliphatic heterocycles. The van der Waals surface area contributed by atoms with E-state index in [4.69, 9.17) is 16.3 Å². The number of anilines is 1. The number of nitrogens with zero attached hydrogens (tertiary/aromatic N) is 7. The molecule has 192 valence electrons. The molecule has 0 amide bonds. The molecule has 0 fully saturated rings. The summed E-state index contributed by atoms with van der Waals surface area (Å²) in [6.07, 6.45) is 3.60. The summed E-state index contributed by atoms with van der Waals surface area (Å²) in [6, 6.07) is 13.0. The van der Waals surface area contributed by atoms with E-state index >= 15 is 0 Å². The van der Waals surface area contributed by atoms with Gasteiger partial charge in [0.25, 0.3) is 5.88 Å². The Morgan fingerprint density at radius 1 is 1.22 bits per heavy atom.